The van der Waals surface area contributed by atoms with Gasteiger partial charge in [-0.05, 0) is 51.0 Å². The SMILES string of the molecule is CC(=O)c1c(C)[nH]c(C(=O)C(C)N2CCN(Cc3ccc4c(c3)OCO4)CC2)c1C. The van der Waals surface area contributed by atoms with Crippen LogP contribution in [0.5, 0.6) is 11.5 Å². The zero-order valence-corrected chi connectivity index (χ0v) is 18.1. The smallest absolute Gasteiger partial charge is 0.231 e. The summed E-state index contributed by atoms with van der Waals surface area (Å²) in [6.45, 7) is 11.8. The van der Waals surface area contributed by atoms with Gasteiger partial charge in [-0.2, -0.15) is 0 Å². The Balaban J connectivity index is 1.36. The van der Waals surface area contributed by atoms with Gasteiger partial charge in [-0.3, -0.25) is 19.4 Å². The topological polar surface area (TPSA) is 74.9 Å². The number of carbonyl (C=O) groups excluding carboxylic acids is 2. The van der Waals surface area contributed by atoms with Crippen molar-refractivity contribution in [3.8, 4) is 11.5 Å². The molecular formula is C23H29N3O4. The molecule has 1 aromatic carbocycles. The molecule has 2 aromatic rings. The van der Waals surface area contributed by atoms with E-state index in [0.29, 0.717) is 11.3 Å². The van der Waals surface area contributed by atoms with Crippen LogP contribution in [-0.4, -0.2) is 65.4 Å². The van der Waals surface area contributed by atoms with Crippen molar-refractivity contribution in [3.63, 3.8) is 0 Å². The number of hydrogen-bond donors (Lipinski definition) is 1. The number of aromatic amines is 1. The molecule has 3 heterocycles. The maximum Gasteiger partial charge on any atom is 0.231 e. The predicted octanol–water partition coefficient (Wildman–Crippen LogP) is 2.95. The number of ether oxygens (including phenoxy) is 2. The van der Waals surface area contributed by atoms with Gasteiger partial charge < -0.3 is 14.5 Å². The molecule has 0 saturated carbocycles. The number of aromatic nitrogens is 1. The average Bonchev–Trinajstić information content (AvgIpc) is 3.30. The molecule has 1 N–H and O–H groups in total. The molecule has 0 amide bonds. The van der Waals surface area contributed by atoms with E-state index >= 15 is 0 Å². The Morgan fingerprint density at radius 2 is 1.80 bits per heavy atom. The van der Waals surface area contributed by atoms with E-state index in [1.165, 1.54) is 5.56 Å². The summed E-state index contributed by atoms with van der Waals surface area (Å²) < 4.78 is 10.8. The minimum atomic E-state index is -0.228. The summed E-state index contributed by atoms with van der Waals surface area (Å²) in [5.41, 5.74) is 3.93. The second kappa shape index (κ2) is 8.24. The quantitative estimate of drug-likeness (QED) is 0.737. The van der Waals surface area contributed by atoms with E-state index < -0.39 is 0 Å². The van der Waals surface area contributed by atoms with Crippen LogP contribution in [0.15, 0.2) is 18.2 Å². The second-order valence-corrected chi connectivity index (χ2v) is 8.22. The Labute approximate surface area is 177 Å². The highest BCUT2D eigenvalue weighted by molar-refractivity contribution is 6.05. The molecule has 2 aliphatic rings. The van der Waals surface area contributed by atoms with Crippen LogP contribution in [0.2, 0.25) is 0 Å². The third-order valence-corrected chi connectivity index (χ3v) is 6.21. The molecule has 0 bridgehead atoms. The summed E-state index contributed by atoms with van der Waals surface area (Å²) in [4.78, 5) is 32.8. The van der Waals surface area contributed by atoms with Crippen LogP contribution < -0.4 is 9.47 Å². The summed E-state index contributed by atoms with van der Waals surface area (Å²) >= 11 is 0. The van der Waals surface area contributed by atoms with E-state index in [2.05, 4.69) is 20.9 Å². The minimum absolute atomic E-state index is 0.00918. The number of nitrogens with zero attached hydrogens (tertiary/aromatic N) is 2. The molecule has 0 aliphatic carbocycles. The van der Waals surface area contributed by atoms with Gasteiger partial charge in [0.1, 0.15) is 0 Å². The maximum atomic E-state index is 13.1. The zero-order chi connectivity index (χ0) is 21.4. The lowest BCUT2D eigenvalue weighted by Crippen LogP contribution is -2.51. The number of piperazine rings is 1. The van der Waals surface area contributed by atoms with Gasteiger partial charge >= 0.3 is 0 Å². The third kappa shape index (κ3) is 3.87. The zero-order valence-electron chi connectivity index (χ0n) is 18.1. The Hall–Kier alpha value is -2.64. The van der Waals surface area contributed by atoms with Crippen LogP contribution in [0.1, 0.15) is 51.5 Å². The fourth-order valence-corrected chi connectivity index (χ4v) is 4.51. The normalized spacial score (nSPS) is 17.9. The van der Waals surface area contributed by atoms with E-state index in [-0.39, 0.29) is 24.4 Å². The summed E-state index contributed by atoms with van der Waals surface area (Å²) in [6.07, 6.45) is 0. The van der Waals surface area contributed by atoms with Crippen molar-refractivity contribution in [3.05, 3.63) is 46.3 Å². The Morgan fingerprint density at radius 3 is 2.47 bits per heavy atom. The lowest BCUT2D eigenvalue weighted by Gasteiger charge is -2.37. The van der Waals surface area contributed by atoms with Crippen molar-refractivity contribution in [2.45, 2.75) is 40.3 Å². The molecule has 30 heavy (non-hydrogen) atoms. The van der Waals surface area contributed by atoms with Crippen molar-refractivity contribution < 1.29 is 19.1 Å². The Bertz CT molecular complexity index is 973. The highest BCUT2D eigenvalue weighted by atomic mass is 16.7. The van der Waals surface area contributed by atoms with E-state index in [1.54, 1.807) is 6.92 Å². The molecule has 7 nitrogen and oxygen atoms in total. The van der Waals surface area contributed by atoms with E-state index in [1.807, 2.05) is 32.9 Å². The predicted molar refractivity (Wildman–Crippen MR) is 113 cm³/mol. The lowest BCUT2D eigenvalue weighted by atomic mass is 10.0. The molecule has 2 aliphatic heterocycles. The largest absolute Gasteiger partial charge is 0.454 e. The van der Waals surface area contributed by atoms with Crippen molar-refractivity contribution >= 4 is 11.6 Å². The monoisotopic (exact) mass is 411 g/mol. The van der Waals surface area contributed by atoms with Gasteiger partial charge in [-0.1, -0.05) is 6.07 Å². The number of H-pyrrole nitrogens is 1. The lowest BCUT2D eigenvalue weighted by molar-refractivity contribution is 0.0682. The first-order chi connectivity index (χ1) is 14.3. The Morgan fingerprint density at radius 1 is 1.10 bits per heavy atom. The number of hydrogen-bond acceptors (Lipinski definition) is 6. The summed E-state index contributed by atoms with van der Waals surface area (Å²) in [6, 6.07) is 5.86. The van der Waals surface area contributed by atoms with Crippen LogP contribution in [0.25, 0.3) is 0 Å². The van der Waals surface area contributed by atoms with Gasteiger partial charge in [0, 0.05) is 44.0 Å². The molecule has 1 saturated heterocycles. The fraction of sp³-hybridized carbons (Fsp3) is 0.478. The molecule has 1 atom stereocenters. The third-order valence-electron chi connectivity index (χ3n) is 6.21. The van der Waals surface area contributed by atoms with Crippen LogP contribution in [-0.2, 0) is 6.54 Å². The average molecular weight is 412 g/mol. The first-order valence-corrected chi connectivity index (χ1v) is 10.4. The van der Waals surface area contributed by atoms with Crippen molar-refractivity contribution in [2.75, 3.05) is 33.0 Å². The van der Waals surface area contributed by atoms with Crippen LogP contribution in [0.4, 0.5) is 0 Å². The number of fused-ring (bicyclic) bond motifs is 1. The van der Waals surface area contributed by atoms with Crippen molar-refractivity contribution in [1.29, 1.82) is 0 Å². The summed E-state index contributed by atoms with van der Waals surface area (Å²) in [7, 11) is 0. The molecule has 1 fully saturated rings. The molecule has 0 radical (unpaired) electrons. The molecule has 0 spiro atoms. The van der Waals surface area contributed by atoms with Gasteiger partial charge in [-0.15, -0.1) is 0 Å². The second-order valence-electron chi connectivity index (χ2n) is 8.22. The number of Topliss-reactive ketones (excluding diaryl/α,β-unsaturated/α-hetero) is 2. The van der Waals surface area contributed by atoms with Crippen LogP contribution in [0.3, 0.4) is 0 Å². The molecular weight excluding hydrogens is 382 g/mol. The molecule has 1 aromatic heterocycles. The maximum absolute atomic E-state index is 13.1. The molecule has 160 valence electrons. The standard InChI is InChI=1S/C23H29N3O4/c1-14-21(17(4)27)15(2)24-22(14)23(28)16(3)26-9-7-25(8-10-26)12-18-5-6-19-20(11-18)30-13-29-19/h5-6,11,16,24H,7-10,12-13H2,1-4H3. The number of rotatable bonds is 6. The van der Waals surface area contributed by atoms with Crippen molar-refractivity contribution in [1.82, 2.24) is 14.8 Å². The summed E-state index contributed by atoms with van der Waals surface area (Å²) in [5, 5.41) is 0. The van der Waals surface area contributed by atoms with E-state index in [9.17, 15) is 9.59 Å². The summed E-state index contributed by atoms with van der Waals surface area (Å²) in [5.74, 6) is 1.66. The van der Waals surface area contributed by atoms with Gasteiger partial charge in [0.2, 0.25) is 6.79 Å². The number of carbonyl (C=O) groups is 2. The Kier molecular flexibility index (Phi) is 5.66. The van der Waals surface area contributed by atoms with E-state index in [0.717, 1.165) is 55.5 Å². The minimum Gasteiger partial charge on any atom is -0.454 e. The highest BCUT2D eigenvalue weighted by Crippen LogP contribution is 2.33. The first kappa shape index (κ1) is 20.6. The number of nitrogens with one attached hydrogen (secondary N) is 1. The number of benzene rings is 1. The van der Waals surface area contributed by atoms with Gasteiger partial charge in [-0.25, -0.2) is 0 Å². The van der Waals surface area contributed by atoms with Gasteiger partial charge in [0.15, 0.2) is 23.1 Å². The van der Waals surface area contributed by atoms with Crippen LogP contribution >= 0.6 is 0 Å². The molecule has 4 rings (SSSR count). The molecule has 1 unspecified atom stereocenters. The van der Waals surface area contributed by atoms with Crippen molar-refractivity contribution in [2.24, 2.45) is 0 Å². The fourth-order valence-electron chi connectivity index (χ4n) is 4.51. The van der Waals surface area contributed by atoms with Gasteiger partial charge in [0.25, 0.3) is 0 Å². The first-order valence-electron chi connectivity index (χ1n) is 10.4. The van der Waals surface area contributed by atoms with E-state index in [4.69, 9.17) is 9.47 Å². The van der Waals surface area contributed by atoms with Gasteiger partial charge in [0.05, 0.1) is 11.7 Å². The van der Waals surface area contributed by atoms with Crippen LogP contribution in [0, 0.1) is 13.8 Å². The highest BCUT2D eigenvalue weighted by Gasteiger charge is 2.29. The number of ketones is 2. The molecule has 7 heteroatoms. The number of aryl methyl sites for hydroxylation is 1.